The molecule has 0 radical (unpaired) electrons. The molecule has 0 amide bonds. The van der Waals surface area contributed by atoms with E-state index in [1.165, 1.54) is 6.20 Å². The lowest BCUT2D eigenvalue weighted by molar-refractivity contribution is 0.586. The lowest BCUT2D eigenvalue weighted by atomic mass is 10.4. The molecule has 8 heteroatoms. The van der Waals surface area contributed by atoms with Crippen LogP contribution < -0.4 is 9.44 Å². The summed E-state index contributed by atoms with van der Waals surface area (Å²) in [7, 11) is -3.58. The van der Waals surface area contributed by atoms with Crippen LogP contribution in [0, 0.1) is 0 Å². The van der Waals surface area contributed by atoms with Crippen LogP contribution in [0.4, 0.5) is 5.69 Å². The van der Waals surface area contributed by atoms with E-state index in [-0.39, 0.29) is 10.8 Å². The van der Waals surface area contributed by atoms with Gasteiger partial charge in [0.2, 0.25) is 0 Å². The lowest BCUT2D eigenvalue weighted by Crippen LogP contribution is -2.30. The largest absolute Gasteiger partial charge is 0.299 e. The first-order valence-corrected chi connectivity index (χ1v) is 7.18. The quantitative estimate of drug-likeness (QED) is 0.814. The Bertz CT molecular complexity index is 466. The molecular weight excluding hydrogens is 318 g/mol. The van der Waals surface area contributed by atoms with Crippen LogP contribution in [-0.2, 0) is 10.2 Å². The Kier molecular flexibility index (Phi) is 4.97. The standard InChI is InChI=1S/C8H11BrClN3O2S/c1-2-3-12-16(14,15)13-7-4-6(9)5-11-8(7)10/h4-5,12-13H,2-3H2,1H3. The third-order valence-electron chi connectivity index (χ3n) is 1.59. The summed E-state index contributed by atoms with van der Waals surface area (Å²) in [6.45, 7) is 2.24. The van der Waals surface area contributed by atoms with E-state index in [9.17, 15) is 8.42 Å². The number of hydrogen-bond donors (Lipinski definition) is 2. The molecule has 0 fully saturated rings. The van der Waals surface area contributed by atoms with Crippen LogP contribution in [0.3, 0.4) is 0 Å². The Hall–Kier alpha value is -0.370. The number of hydrogen-bond acceptors (Lipinski definition) is 3. The summed E-state index contributed by atoms with van der Waals surface area (Å²) in [4.78, 5) is 3.81. The van der Waals surface area contributed by atoms with Crippen molar-refractivity contribution < 1.29 is 8.42 Å². The third-order valence-corrected chi connectivity index (χ3v) is 3.40. The van der Waals surface area contributed by atoms with E-state index >= 15 is 0 Å². The summed E-state index contributed by atoms with van der Waals surface area (Å²) < 4.78 is 28.3. The first kappa shape index (κ1) is 13.7. The zero-order valence-electron chi connectivity index (χ0n) is 8.50. The van der Waals surface area contributed by atoms with Crippen molar-refractivity contribution in [3.8, 4) is 0 Å². The van der Waals surface area contributed by atoms with Crippen molar-refractivity contribution in [2.24, 2.45) is 0 Å². The maximum absolute atomic E-state index is 11.5. The fourth-order valence-corrected chi connectivity index (χ4v) is 2.44. The molecule has 0 saturated carbocycles. The van der Waals surface area contributed by atoms with Gasteiger partial charge in [0.15, 0.2) is 5.15 Å². The number of aromatic nitrogens is 1. The zero-order valence-corrected chi connectivity index (χ0v) is 11.7. The first-order chi connectivity index (χ1) is 7.44. The monoisotopic (exact) mass is 327 g/mol. The Morgan fingerprint density at radius 2 is 2.25 bits per heavy atom. The number of nitrogens with one attached hydrogen (secondary N) is 2. The topological polar surface area (TPSA) is 71.1 Å². The second-order valence-corrected chi connectivity index (χ2v) is 5.77. The minimum atomic E-state index is -3.58. The second kappa shape index (κ2) is 5.81. The molecule has 0 bridgehead atoms. The van der Waals surface area contributed by atoms with E-state index in [0.29, 0.717) is 17.4 Å². The van der Waals surface area contributed by atoms with Crippen molar-refractivity contribution in [2.75, 3.05) is 11.3 Å². The maximum atomic E-state index is 11.5. The highest BCUT2D eigenvalue weighted by atomic mass is 79.9. The molecule has 90 valence electrons. The molecule has 0 aromatic carbocycles. The van der Waals surface area contributed by atoms with Gasteiger partial charge in [0, 0.05) is 17.2 Å². The zero-order chi connectivity index (χ0) is 12.2. The number of halogens is 2. The highest BCUT2D eigenvalue weighted by Gasteiger charge is 2.11. The van der Waals surface area contributed by atoms with Crippen LogP contribution in [0.5, 0.6) is 0 Å². The summed E-state index contributed by atoms with van der Waals surface area (Å²) >= 11 is 8.93. The molecule has 1 heterocycles. The summed E-state index contributed by atoms with van der Waals surface area (Å²) in [5.74, 6) is 0. The van der Waals surface area contributed by atoms with Gasteiger partial charge in [0.1, 0.15) is 0 Å². The molecule has 2 N–H and O–H groups in total. The highest BCUT2D eigenvalue weighted by molar-refractivity contribution is 9.10. The van der Waals surface area contributed by atoms with E-state index in [1.54, 1.807) is 6.07 Å². The predicted octanol–water partition coefficient (Wildman–Crippen LogP) is 2.15. The van der Waals surface area contributed by atoms with Crippen LogP contribution in [0.1, 0.15) is 13.3 Å². The van der Waals surface area contributed by atoms with Gasteiger partial charge in [-0.1, -0.05) is 18.5 Å². The minimum absolute atomic E-state index is 0.102. The lowest BCUT2D eigenvalue weighted by Gasteiger charge is -2.09. The SMILES string of the molecule is CCCNS(=O)(=O)Nc1cc(Br)cnc1Cl. The highest BCUT2D eigenvalue weighted by Crippen LogP contribution is 2.23. The van der Waals surface area contributed by atoms with Gasteiger partial charge >= 0.3 is 0 Å². The number of nitrogens with zero attached hydrogens (tertiary/aromatic N) is 1. The molecule has 5 nitrogen and oxygen atoms in total. The van der Waals surface area contributed by atoms with Gasteiger partial charge in [-0.15, -0.1) is 0 Å². The first-order valence-electron chi connectivity index (χ1n) is 4.53. The molecule has 0 spiro atoms. The summed E-state index contributed by atoms with van der Waals surface area (Å²) in [6.07, 6.45) is 2.20. The van der Waals surface area contributed by atoms with Crippen LogP contribution >= 0.6 is 27.5 Å². The summed E-state index contributed by atoms with van der Waals surface area (Å²) in [5.41, 5.74) is 0.236. The Labute approximate surface area is 108 Å². The molecule has 0 saturated heterocycles. The van der Waals surface area contributed by atoms with E-state index < -0.39 is 10.2 Å². The average Bonchev–Trinajstić information content (AvgIpc) is 2.20. The maximum Gasteiger partial charge on any atom is 0.299 e. The summed E-state index contributed by atoms with van der Waals surface area (Å²) in [6, 6.07) is 1.54. The van der Waals surface area contributed by atoms with Gasteiger partial charge in [0.05, 0.1) is 5.69 Å². The smallest absolute Gasteiger partial charge is 0.268 e. The van der Waals surface area contributed by atoms with Crippen molar-refractivity contribution in [1.29, 1.82) is 0 Å². The molecule has 0 aliphatic carbocycles. The average molecular weight is 329 g/mol. The van der Waals surface area contributed by atoms with E-state index in [1.807, 2.05) is 6.92 Å². The molecule has 0 atom stereocenters. The second-order valence-electron chi connectivity index (χ2n) is 2.99. The van der Waals surface area contributed by atoms with Crippen molar-refractivity contribution in [1.82, 2.24) is 9.71 Å². The molecule has 0 unspecified atom stereocenters. The molecule has 1 aromatic rings. The van der Waals surface area contributed by atoms with Gasteiger partial charge < -0.3 is 0 Å². The van der Waals surface area contributed by atoms with Crippen molar-refractivity contribution in [2.45, 2.75) is 13.3 Å². The van der Waals surface area contributed by atoms with Crippen molar-refractivity contribution >= 4 is 43.4 Å². The molecule has 1 rings (SSSR count). The summed E-state index contributed by atoms with van der Waals surface area (Å²) in [5, 5.41) is 0.102. The van der Waals surface area contributed by atoms with Gasteiger partial charge in [-0.3, -0.25) is 4.72 Å². The van der Waals surface area contributed by atoms with Gasteiger partial charge in [-0.05, 0) is 28.4 Å². The molecular formula is C8H11BrClN3O2S. The van der Waals surface area contributed by atoms with Crippen molar-refractivity contribution in [3.05, 3.63) is 21.9 Å². The Morgan fingerprint density at radius 1 is 1.56 bits per heavy atom. The van der Waals surface area contributed by atoms with E-state index in [0.717, 1.165) is 0 Å². The molecule has 16 heavy (non-hydrogen) atoms. The van der Waals surface area contributed by atoms with Gasteiger partial charge in [-0.2, -0.15) is 13.1 Å². The predicted molar refractivity (Wildman–Crippen MR) is 67.8 cm³/mol. The fraction of sp³-hybridized carbons (Fsp3) is 0.375. The number of rotatable bonds is 5. The fourth-order valence-electron chi connectivity index (χ4n) is 0.911. The van der Waals surface area contributed by atoms with E-state index in [2.05, 4.69) is 30.4 Å². The van der Waals surface area contributed by atoms with Crippen LogP contribution in [-0.4, -0.2) is 19.9 Å². The normalized spacial score (nSPS) is 11.4. The van der Waals surface area contributed by atoms with Crippen LogP contribution in [0.2, 0.25) is 5.15 Å². The van der Waals surface area contributed by atoms with E-state index in [4.69, 9.17) is 11.6 Å². The molecule has 0 aliphatic heterocycles. The Balaban J connectivity index is 2.83. The molecule has 0 aliphatic rings. The van der Waals surface area contributed by atoms with Gasteiger partial charge in [0.25, 0.3) is 10.2 Å². The van der Waals surface area contributed by atoms with Crippen LogP contribution in [0.25, 0.3) is 0 Å². The Morgan fingerprint density at radius 3 is 2.88 bits per heavy atom. The molecule has 1 aromatic heterocycles. The minimum Gasteiger partial charge on any atom is -0.268 e. The van der Waals surface area contributed by atoms with Crippen LogP contribution in [0.15, 0.2) is 16.7 Å². The number of anilines is 1. The number of pyridine rings is 1. The van der Waals surface area contributed by atoms with Gasteiger partial charge in [-0.25, -0.2) is 4.98 Å². The third kappa shape index (κ3) is 4.25. The van der Waals surface area contributed by atoms with Crippen molar-refractivity contribution in [3.63, 3.8) is 0 Å².